The number of hydrogen-bond donors (Lipinski definition) is 2. The number of carboxylic acids is 1. The molecule has 0 spiro atoms. The largest absolute Gasteiger partial charge is 0.497 e. The van der Waals surface area contributed by atoms with Crippen molar-refractivity contribution in [2.45, 2.75) is 38.3 Å². The highest BCUT2D eigenvalue weighted by Crippen LogP contribution is 2.24. The molecule has 0 bridgehead atoms. The van der Waals surface area contributed by atoms with Crippen LogP contribution in [-0.2, 0) is 9.59 Å². The highest BCUT2D eigenvalue weighted by Gasteiger charge is 2.38. The average molecular weight is 561 g/mol. The minimum atomic E-state index is -5.08. The minimum absolute atomic E-state index is 0.0889. The molecule has 2 aliphatic heterocycles. The fraction of sp³-hybridized carbons (Fsp3) is 0.654. The molecule has 0 radical (unpaired) electrons. The standard InChI is InChI=1S/C24H38N4O4.C2HF3O2/c1-31-21-17-20(18-22(19-21)32-2)24(30)28(13-6-12-26-10-4-3-5-11-26)14-7-23(29)27-15-8-25-9-16-27;3-2(4,5)1(6)7/h17-19,25H,3-16H2,1-2H3;(H,6,7). The zero-order chi connectivity index (χ0) is 28.8. The number of alkyl halides is 3. The van der Waals surface area contributed by atoms with Crippen molar-refractivity contribution < 1.29 is 42.1 Å². The van der Waals surface area contributed by atoms with E-state index >= 15 is 0 Å². The van der Waals surface area contributed by atoms with Gasteiger partial charge in [-0.05, 0) is 51.0 Å². The van der Waals surface area contributed by atoms with Gasteiger partial charge in [-0.3, -0.25) is 9.59 Å². The third-order valence-electron chi connectivity index (χ3n) is 6.54. The van der Waals surface area contributed by atoms with E-state index in [0.717, 1.165) is 52.2 Å². The molecule has 220 valence electrons. The summed E-state index contributed by atoms with van der Waals surface area (Å²) >= 11 is 0. The lowest BCUT2D eigenvalue weighted by molar-refractivity contribution is -0.192. The molecule has 39 heavy (non-hydrogen) atoms. The molecule has 2 saturated heterocycles. The highest BCUT2D eigenvalue weighted by atomic mass is 19.4. The maximum atomic E-state index is 13.4. The smallest absolute Gasteiger partial charge is 0.490 e. The van der Waals surface area contributed by atoms with Gasteiger partial charge in [0.25, 0.3) is 5.91 Å². The van der Waals surface area contributed by atoms with E-state index in [0.29, 0.717) is 36.6 Å². The van der Waals surface area contributed by atoms with Crippen LogP contribution in [0.5, 0.6) is 11.5 Å². The van der Waals surface area contributed by atoms with Crippen LogP contribution >= 0.6 is 0 Å². The van der Waals surface area contributed by atoms with Gasteiger partial charge in [0.1, 0.15) is 11.5 Å². The van der Waals surface area contributed by atoms with Crippen LogP contribution in [0.1, 0.15) is 42.5 Å². The number of ether oxygens (including phenoxy) is 2. The fourth-order valence-electron chi connectivity index (χ4n) is 4.40. The van der Waals surface area contributed by atoms with Gasteiger partial charge in [-0.15, -0.1) is 0 Å². The Labute approximate surface area is 227 Å². The number of hydrogen-bond acceptors (Lipinski definition) is 7. The Morgan fingerprint density at radius 2 is 1.51 bits per heavy atom. The first kappa shape index (κ1) is 32.2. The summed E-state index contributed by atoms with van der Waals surface area (Å²) in [5, 5.41) is 10.4. The van der Waals surface area contributed by atoms with Crippen molar-refractivity contribution in [1.82, 2.24) is 20.0 Å². The number of aliphatic carboxylic acids is 1. The number of carboxylic acid groups (broad SMARTS) is 1. The normalized spacial score (nSPS) is 16.1. The van der Waals surface area contributed by atoms with Crippen molar-refractivity contribution in [3.8, 4) is 11.5 Å². The van der Waals surface area contributed by atoms with E-state index in [1.807, 2.05) is 9.80 Å². The first-order chi connectivity index (χ1) is 18.5. The van der Waals surface area contributed by atoms with Crippen LogP contribution in [0.2, 0.25) is 0 Å². The molecule has 0 saturated carbocycles. The zero-order valence-corrected chi connectivity index (χ0v) is 22.6. The summed E-state index contributed by atoms with van der Waals surface area (Å²) in [4.78, 5) is 41.2. The summed E-state index contributed by atoms with van der Waals surface area (Å²) in [6.07, 6.45) is -0.0188. The molecular weight excluding hydrogens is 521 g/mol. The number of piperazine rings is 1. The number of nitrogens with one attached hydrogen (secondary N) is 1. The molecule has 3 rings (SSSR count). The highest BCUT2D eigenvalue weighted by molar-refractivity contribution is 5.95. The molecule has 2 heterocycles. The number of amides is 2. The molecule has 13 heteroatoms. The summed E-state index contributed by atoms with van der Waals surface area (Å²) in [6, 6.07) is 5.23. The number of benzene rings is 1. The molecule has 1 aromatic carbocycles. The summed E-state index contributed by atoms with van der Waals surface area (Å²) in [7, 11) is 3.15. The van der Waals surface area contributed by atoms with Gasteiger partial charge >= 0.3 is 12.1 Å². The first-order valence-electron chi connectivity index (χ1n) is 13.1. The number of halogens is 3. The van der Waals surface area contributed by atoms with Crippen molar-refractivity contribution in [1.29, 1.82) is 0 Å². The molecule has 1 aromatic rings. The van der Waals surface area contributed by atoms with Gasteiger partial charge in [-0.25, -0.2) is 4.79 Å². The second-order valence-electron chi connectivity index (χ2n) is 9.33. The summed E-state index contributed by atoms with van der Waals surface area (Å²) in [6.45, 7) is 7.43. The van der Waals surface area contributed by atoms with Crippen LogP contribution in [-0.4, -0.2) is 117 Å². The van der Waals surface area contributed by atoms with Crippen molar-refractivity contribution in [2.24, 2.45) is 0 Å². The topological polar surface area (TPSA) is 112 Å². The molecule has 2 amide bonds. The van der Waals surface area contributed by atoms with Crippen molar-refractivity contribution in [3.05, 3.63) is 23.8 Å². The molecule has 2 N–H and O–H groups in total. The van der Waals surface area contributed by atoms with E-state index in [1.54, 1.807) is 32.4 Å². The lowest BCUT2D eigenvalue weighted by Crippen LogP contribution is -2.47. The number of likely N-dealkylation sites (tertiary alicyclic amines) is 1. The van der Waals surface area contributed by atoms with E-state index in [9.17, 15) is 22.8 Å². The molecule has 2 aliphatic rings. The number of rotatable bonds is 10. The Bertz CT molecular complexity index is 913. The third kappa shape index (κ3) is 11.3. The number of carbonyl (C=O) groups is 3. The van der Waals surface area contributed by atoms with Gasteiger partial charge in [0.05, 0.1) is 14.2 Å². The van der Waals surface area contributed by atoms with Gasteiger partial charge in [0.2, 0.25) is 5.91 Å². The monoisotopic (exact) mass is 560 g/mol. The maximum absolute atomic E-state index is 13.4. The second-order valence-corrected chi connectivity index (χ2v) is 9.33. The summed E-state index contributed by atoms with van der Waals surface area (Å²) in [5.74, 6) is -1.57. The quantitative estimate of drug-likeness (QED) is 0.449. The van der Waals surface area contributed by atoms with E-state index in [-0.39, 0.29) is 11.8 Å². The van der Waals surface area contributed by atoms with Crippen LogP contribution in [0.15, 0.2) is 18.2 Å². The lowest BCUT2D eigenvalue weighted by atomic mass is 10.1. The van der Waals surface area contributed by atoms with Crippen LogP contribution in [0.25, 0.3) is 0 Å². The Balaban J connectivity index is 0.000000673. The van der Waals surface area contributed by atoms with E-state index in [1.165, 1.54) is 19.3 Å². The number of piperidine rings is 1. The number of methoxy groups -OCH3 is 2. The van der Waals surface area contributed by atoms with Crippen molar-refractivity contribution >= 4 is 17.8 Å². The fourth-order valence-corrected chi connectivity index (χ4v) is 4.40. The average Bonchev–Trinajstić information content (AvgIpc) is 2.94. The van der Waals surface area contributed by atoms with Crippen molar-refractivity contribution in [2.75, 3.05) is 73.1 Å². The molecule has 2 fully saturated rings. The van der Waals surface area contributed by atoms with E-state index < -0.39 is 12.1 Å². The predicted molar refractivity (Wildman–Crippen MR) is 138 cm³/mol. The van der Waals surface area contributed by atoms with Crippen LogP contribution in [0.3, 0.4) is 0 Å². The predicted octanol–water partition coefficient (Wildman–Crippen LogP) is 2.48. The number of carbonyl (C=O) groups excluding carboxylic acids is 2. The Morgan fingerprint density at radius 1 is 0.949 bits per heavy atom. The molecule has 10 nitrogen and oxygen atoms in total. The zero-order valence-electron chi connectivity index (χ0n) is 22.6. The second kappa shape index (κ2) is 16.1. The SMILES string of the molecule is COc1cc(OC)cc(C(=O)N(CCCN2CCCCC2)CCC(=O)N2CCNCC2)c1.O=C(O)C(F)(F)F. The lowest BCUT2D eigenvalue weighted by Gasteiger charge is -2.30. The van der Waals surface area contributed by atoms with Gasteiger partial charge < -0.3 is 34.6 Å². The molecule has 0 unspecified atom stereocenters. The summed E-state index contributed by atoms with van der Waals surface area (Å²) < 4.78 is 42.4. The third-order valence-corrected chi connectivity index (χ3v) is 6.54. The van der Waals surface area contributed by atoms with E-state index in [4.69, 9.17) is 19.4 Å². The van der Waals surface area contributed by atoms with Crippen molar-refractivity contribution in [3.63, 3.8) is 0 Å². The Hall–Kier alpha value is -3.06. The van der Waals surface area contributed by atoms with Crippen LogP contribution in [0.4, 0.5) is 13.2 Å². The molecule has 0 atom stereocenters. The Kier molecular flexibility index (Phi) is 13.3. The first-order valence-corrected chi connectivity index (χ1v) is 13.1. The minimum Gasteiger partial charge on any atom is -0.497 e. The molecular formula is C26H39F3N4O6. The van der Waals surface area contributed by atoms with Gasteiger partial charge in [-0.2, -0.15) is 13.2 Å². The summed E-state index contributed by atoms with van der Waals surface area (Å²) in [5.41, 5.74) is 0.522. The van der Waals surface area contributed by atoms with Gasteiger partial charge in [0.15, 0.2) is 0 Å². The van der Waals surface area contributed by atoms with Crippen LogP contribution in [0, 0.1) is 0 Å². The molecule has 0 aliphatic carbocycles. The Morgan fingerprint density at radius 3 is 2.03 bits per heavy atom. The maximum Gasteiger partial charge on any atom is 0.490 e. The van der Waals surface area contributed by atoms with Crippen LogP contribution < -0.4 is 14.8 Å². The van der Waals surface area contributed by atoms with Gasteiger partial charge in [0, 0.05) is 57.3 Å². The van der Waals surface area contributed by atoms with Gasteiger partial charge in [-0.1, -0.05) is 6.42 Å². The molecule has 0 aromatic heterocycles. The van der Waals surface area contributed by atoms with E-state index in [2.05, 4.69) is 10.2 Å². The number of nitrogens with zero attached hydrogens (tertiary/aromatic N) is 3.